The Labute approximate surface area is 134 Å². The quantitative estimate of drug-likeness (QED) is 0.744. The second kappa shape index (κ2) is 6.65. The predicted molar refractivity (Wildman–Crippen MR) is 89.9 cm³/mol. The molecule has 0 radical (unpaired) electrons. The predicted octanol–water partition coefficient (Wildman–Crippen LogP) is 3.52. The Bertz CT molecular complexity index is 838. The first kappa shape index (κ1) is 15.3. The Morgan fingerprint density at radius 1 is 1.17 bits per heavy atom. The molecule has 2 N–H and O–H groups in total. The molecule has 4 heteroatoms. The molecular formula is C19H19FN2O. The molecule has 2 aromatic carbocycles. The number of carbonyl (C=O) groups excluding carboxylic acids is 1. The summed E-state index contributed by atoms with van der Waals surface area (Å²) in [5.74, 6) is -0.243. The van der Waals surface area contributed by atoms with Crippen molar-refractivity contribution >= 4 is 16.8 Å². The van der Waals surface area contributed by atoms with Crippen LogP contribution in [0, 0.1) is 12.7 Å². The summed E-state index contributed by atoms with van der Waals surface area (Å²) in [6, 6.07) is 12.6. The minimum Gasteiger partial charge on any atom is -0.361 e. The highest BCUT2D eigenvalue weighted by Crippen LogP contribution is 2.19. The van der Waals surface area contributed by atoms with Crippen molar-refractivity contribution in [3.63, 3.8) is 0 Å². The number of benzene rings is 2. The molecule has 0 aliphatic carbocycles. The Kier molecular flexibility index (Phi) is 4.42. The van der Waals surface area contributed by atoms with Gasteiger partial charge < -0.3 is 10.3 Å². The molecule has 23 heavy (non-hydrogen) atoms. The monoisotopic (exact) mass is 310 g/mol. The molecule has 0 spiro atoms. The first-order valence-electron chi connectivity index (χ1n) is 7.70. The average Bonchev–Trinajstić information content (AvgIpc) is 2.92. The number of hydrogen-bond acceptors (Lipinski definition) is 1. The highest BCUT2D eigenvalue weighted by atomic mass is 19.1. The number of aryl methyl sites for hydroxylation is 1. The highest BCUT2D eigenvalue weighted by Gasteiger charge is 2.07. The molecular weight excluding hydrogens is 291 g/mol. The Balaban J connectivity index is 1.57. The normalized spacial score (nSPS) is 10.9. The Morgan fingerprint density at radius 3 is 2.83 bits per heavy atom. The zero-order valence-corrected chi connectivity index (χ0v) is 13.0. The molecule has 0 saturated carbocycles. The number of amides is 1. The zero-order chi connectivity index (χ0) is 16.2. The number of H-pyrrole nitrogens is 1. The summed E-state index contributed by atoms with van der Waals surface area (Å²) < 4.78 is 13.3. The van der Waals surface area contributed by atoms with E-state index in [1.54, 1.807) is 6.07 Å². The van der Waals surface area contributed by atoms with Crippen molar-refractivity contribution in [2.75, 3.05) is 6.54 Å². The average molecular weight is 310 g/mol. The van der Waals surface area contributed by atoms with E-state index >= 15 is 0 Å². The fourth-order valence-electron chi connectivity index (χ4n) is 2.74. The highest BCUT2D eigenvalue weighted by molar-refractivity contribution is 5.83. The molecule has 1 amide bonds. The summed E-state index contributed by atoms with van der Waals surface area (Å²) >= 11 is 0. The van der Waals surface area contributed by atoms with E-state index in [2.05, 4.69) is 10.3 Å². The molecule has 0 aliphatic rings. The molecule has 0 atom stereocenters. The van der Waals surface area contributed by atoms with E-state index in [0.29, 0.717) is 19.4 Å². The van der Waals surface area contributed by atoms with E-state index in [-0.39, 0.29) is 11.7 Å². The standard InChI is InChI=1S/C19H19FN2O/c1-13-4-2-3-5-14(13)10-19(23)21-9-8-15-12-22-18-7-6-16(20)11-17(15)18/h2-7,11-12,22H,8-10H2,1H3,(H,21,23). The molecule has 118 valence electrons. The van der Waals surface area contributed by atoms with E-state index in [1.165, 1.54) is 12.1 Å². The summed E-state index contributed by atoms with van der Waals surface area (Å²) in [5, 5.41) is 3.80. The first-order valence-corrected chi connectivity index (χ1v) is 7.70. The van der Waals surface area contributed by atoms with Gasteiger partial charge in [0.1, 0.15) is 5.82 Å². The third-order valence-corrected chi connectivity index (χ3v) is 4.06. The summed E-state index contributed by atoms with van der Waals surface area (Å²) in [6.07, 6.45) is 2.93. The third kappa shape index (κ3) is 3.59. The van der Waals surface area contributed by atoms with E-state index < -0.39 is 0 Å². The number of rotatable bonds is 5. The van der Waals surface area contributed by atoms with Gasteiger partial charge in [0.2, 0.25) is 5.91 Å². The van der Waals surface area contributed by atoms with E-state index in [4.69, 9.17) is 0 Å². The second-order valence-corrected chi connectivity index (χ2v) is 5.71. The second-order valence-electron chi connectivity index (χ2n) is 5.71. The van der Waals surface area contributed by atoms with Gasteiger partial charge in [0.15, 0.2) is 0 Å². The van der Waals surface area contributed by atoms with Gasteiger partial charge in [-0.3, -0.25) is 4.79 Å². The van der Waals surface area contributed by atoms with Crippen molar-refractivity contribution in [2.45, 2.75) is 19.8 Å². The van der Waals surface area contributed by atoms with E-state index in [0.717, 1.165) is 27.6 Å². The van der Waals surface area contributed by atoms with Crippen LogP contribution in [-0.2, 0) is 17.6 Å². The fraction of sp³-hybridized carbons (Fsp3) is 0.211. The smallest absolute Gasteiger partial charge is 0.224 e. The van der Waals surface area contributed by atoms with Crippen LogP contribution in [0.15, 0.2) is 48.7 Å². The van der Waals surface area contributed by atoms with Crippen LogP contribution in [0.3, 0.4) is 0 Å². The maximum Gasteiger partial charge on any atom is 0.224 e. The van der Waals surface area contributed by atoms with Crippen LogP contribution < -0.4 is 5.32 Å². The minimum absolute atomic E-state index is 0.00493. The SMILES string of the molecule is Cc1ccccc1CC(=O)NCCc1c[nH]c2ccc(F)cc12. The Morgan fingerprint density at radius 2 is 2.00 bits per heavy atom. The first-order chi connectivity index (χ1) is 11.1. The van der Waals surface area contributed by atoms with Crippen LogP contribution in [0.1, 0.15) is 16.7 Å². The largest absolute Gasteiger partial charge is 0.361 e. The third-order valence-electron chi connectivity index (χ3n) is 4.06. The summed E-state index contributed by atoms with van der Waals surface area (Å²) in [4.78, 5) is 15.2. The van der Waals surface area contributed by atoms with Crippen molar-refractivity contribution in [1.82, 2.24) is 10.3 Å². The van der Waals surface area contributed by atoms with Gasteiger partial charge >= 0.3 is 0 Å². The van der Waals surface area contributed by atoms with Gasteiger partial charge in [-0.2, -0.15) is 0 Å². The molecule has 0 bridgehead atoms. The summed E-state index contributed by atoms with van der Waals surface area (Å²) in [5.41, 5.74) is 4.08. The van der Waals surface area contributed by atoms with E-state index in [9.17, 15) is 9.18 Å². The van der Waals surface area contributed by atoms with Crippen LogP contribution in [0.4, 0.5) is 4.39 Å². The van der Waals surface area contributed by atoms with Gasteiger partial charge in [-0.1, -0.05) is 24.3 Å². The maximum absolute atomic E-state index is 13.3. The number of aromatic nitrogens is 1. The minimum atomic E-state index is -0.248. The van der Waals surface area contributed by atoms with Gasteiger partial charge in [-0.15, -0.1) is 0 Å². The molecule has 1 aromatic heterocycles. The van der Waals surface area contributed by atoms with E-state index in [1.807, 2.05) is 37.4 Å². The van der Waals surface area contributed by atoms with Crippen molar-refractivity contribution < 1.29 is 9.18 Å². The zero-order valence-electron chi connectivity index (χ0n) is 13.0. The molecule has 0 fully saturated rings. The van der Waals surface area contributed by atoms with Gasteiger partial charge in [0.05, 0.1) is 6.42 Å². The van der Waals surface area contributed by atoms with Gasteiger partial charge in [-0.05, 0) is 48.2 Å². The number of hydrogen-bond donors (Lipinski definition) is 2. The van der Waals surface area contributed by atoms with Crippen molar-refractivity contribution in [2.24, 2.45) is 0 Å². The topological polar surface area (TPSA) is 44.9 Å². The molecule has 3 aromatic rings. The van der Waals surface area contributed by atoms with Crippen LogP contribution in [-0.4, -0.2) is 17.4 Å². The van der Waals surface area contributed by atoms with Crippen LogP contribution in [0.25, 0.3) is 10.9 Å². The number of halogens is 1. The van der Waals surface area contributed by atoms with Crippen LogP contribution >= 0.6 is 0 Å². The molecule has 1 heterocycles. The van der Waals surface area contributed by atoms with Gasteiger partial charge in [0, 0.05) is 23.6 Å². The molecule has 3 rings (SSSR count). The molecule has 0 unspecified atom stereocenters. The summed E-state index contributed by atoms with van der Waals surface area (Å²) in [7, 11) is 0. The Hall–Kier alpha value is -2.62. The molecule has 3 nitrogen and oxygen atoms in total. The van der Waals surface area contributed by atoms with Gasteiger partial charge in [0.25, 0.3) is 0 Å². The van der Waals surface area contributed by atoms with Crippen LogP contribution in [0.2, 0.25) is 0 Å². The lowest BCUT2D eigenvalue weighted by atomic mass is 10.1. The lowest BCUT2D eigenvalue weighted by Crippen LogP contribution is -2.27. The fourth-order valence-corrected chi connectivity index (χ4v) is 2.74. The van der Waals surface area contributed by atoms with Crippen molar-refractivity contribution in [3.05, 3.63) is 71.2 Å². The number of fused-ring (bicyclic) bond motifs is 1. The van der Waals surface area contributed by atoms with Crippen molar-refractivity contribution in [3.8, 4) is 0 Å². The van der Waals surface area contributed by atoms with Gasteiger partial charge in [-0.25, -0.2) is 4.39 Å². The lowest BCUT2D eigenvalue weighted by Gasteiger charge is -2.07. The number of aromatic amines is 1. The summed E-state index contributed by atoms with van der Waals surface area (Å²) in [6.45, 7) is 2.54. The maximum atomic E-state index is 13.3. The van der Waals surface area contributed by atoms with Crippen LogP contribution in [0.5, 0.6) is 0 Å². The lowest BCUT2D eigenvalue weighted by molar-refractivity contribution is -0.120. The number of nitrogens with one attached hydrogen (secondary N) is 2. The molecule has 0 aliphatic heterocycles. The van der Waals surface area contributed by atoms with Crippen molar-refractivity contribution in [1.29, 1.82) is 0 Å². The molecule has 0 saturated heterocycles. The number of carbonyl (C=O) groups is 1.